The van der Waals surface area contributed by atoms with Gasteiger partial charge in [0.25, 0.3) is 5.91 Å². The van der Waals surface area contributed by atoms with E-state index in [1.807, 2.05) is 19.1 Å². The van der Waals surface area contributed by atoms with Crippen LogP contribution in [0.15, 0.2) is 33.3 Å². The quantitative estimate of drug-likeness (QED) is 0.778. The molecule has 1 amide bonds. The van der Waals surface area contributed by atoms with Crippen molar-refractivity contribution in [2.24, 2.45) is 0 Å². The monoisotopic (exact) mass is 380 g/mol. The molecule has 0 atom stereocenters. The molecule has 0 saturated carbocycles. The van der Waals surface area contributed by atoms with Gasteiger partial charge in [0.15, 0.2) is 6.61 Å². The van der Waals surface area contributed by atoms with E-state index >= 15 is 0 Å². The highest BCUT2D eigenvalue weighted by atomic mass is 79.9. The number of carbonyl (C=O) groups is 2. The molecule has 7 heteroatoms. The second kappa shape index (κ2) is 7.92. The second-order valence-electron chi connectivity index (χ2n) is 5.02. The lowest BCUT2D eigenvalue weighted by Crippen LogP contribution is -2.21. The minimum absolute atomic E-state index is 0.175. The number of nitrogens with one attached hydrogen (secondary N) is 1. The summed E-state index contributed by atoms with van der Waals surface area (Å²) < 4.78 is 10.9. The lowest BCUT2D eigenvalue weighted by atomic mass is 10.1. The van der Waals surface area contributed by atoms with Gasteiger partial charge in [0.2, 0.25) is 0 Å². The highest BCUT2D eigenvalue weighted by Crippen LogP contribution is 2.15. The molecule has 0 saturated heterocycles. The van der Waals surface area contributed by atoms with E-state index in [0.717, 1.165) is 15.7 Å². The number of aromatic nitrogens is 1. The molecule has 1 N–H and O–H groups in total. The first-order valence-electron chi connectivity index (χ1n) is 7.08. The van der Waals surface area contributed by atoms with Crippen LogP contribution in [0, 0.1) is 13.8 Å². The maximum atomic E-state index is 11.7. The molecule has 2 rings (SSSR count). The molecule has 0 radical (unpaired) electrons. The van der Waals surface area contributed by atoms with Gasteiger partial charge < -0.3 is 14.6 Å². The summed E-state index contributed by atoms with van der Waals surface area (Å²) in [7, 11) is 0. The number of amides is 1. The van der Waals surface area contributed by atoms with Gasteiger partial charge in [-0.05, 0) is 44.5 Å². The van der Waals surface area contributed by atoms with Crippen LogP contribution in [-0.4, -0.2) is 23.6 Å². The predicted molar refractivity (Wildman–Crippen MR) is 88.0 cm³/mol. The molecule has 0 fully saturated rings. The Morgan fingerprint density at radius 3 is 2.57 bits per heavy atom. The smallest absolute Gasteiger partial charge is 0.306 e. The largest absolute Gasteiger partial charge is 0.456 e. The molecular formula is C16H17BrN2O4. The van der Waals surface area contributed by atoms with Crippen molar-refractivity contribution >= 4 is 33.5 Å². The van der Waals surface area contributed by atoms with Crippen LogP contribution in [0.5, 0.6) is 0 Å². The molecule has 23 heavy (non-hydrogen) atoms. The average Bonchev–Trinajstić information content (AvgIpc) is 2.84. The number of aryl methyl sites for hydroxylation is 2. The zero-order chi connectivity index (χ0) is 16.8. The lowest BCUT2D eigenvalue weighted by molar-refractivity contribution is -0.147. The van der Waals surface area contributed by atoms with Gasteiger partial charge in [0.1, 0.15) is 5.76 Å². The summed E-state index contributed by atoms with van der Waals surface area (Å²) >= 11 is 3.31. The van der Waals surface area contributed by atoms with Crippen molar-refractivity contribution in [1.29, 1.82) is 0 Å². The Morgan fingerprint density at radius 1 is 1.26 bits per heavy atom. The Hall–Kier alpha value is -2.15. The fraction of sp³-hybridized carbons (Fsp3) is 0.312. The van der Waals surface area contributed by atoms with E-state index < -0.39 is 5.97 Å². The van der Waals surface area contributed by atoms with E-state index in [9.17, 15) is 9.59 Å². The number of ether oxygens (including phenoxy) is 1. The first-order chi connectivity index (χ1) is 11.0. The van der Waals surface area contributed by atoms with Gasteiger partial charge in [-0.2, -0.15) is 0 Å². The van der Waals surface area contributed by atoms with E-state index in [1.165, 1.54) is 0 Å². The SMILES string of the molecule is Cc1noc(C)c1CCC(=O)OCC(=O)Nc1ccc(Br)cc1. The molecule has 0 aliphatic heterocycles. The fourth-order valence-electron chi connectivity index (χ4n) is 2.03. The molecule has 1 aromatic carbocycles. The fourth-order valence-corrected chi connectivity index (χ4v) is 2.30. The molecule has 0 aliphatic carbocycles. The summed E-state index contributed by atoms with van der Waals surface area (Å²) in [5.41, 5.74) is 2.31. The third-order valence-corrected chi connectivity index (χ3v) is 3.78. The van der Waals surface area contributed by atoms with Crippen LogP contribution in [0.3, 0.4) is 0 Å². The summed E-state index contributed by atoms with van der Waals surface area (Å²) in [4.78, 5) is 23.4. The molecule has 6 nitrogen and oxygen atoms in total. The molecule has 122 valence electrons. The molecule has 1 heterocycles. The van der Waals surface area contributed by atoms with Gasteiger partial charge in [0, 0.05) is 22.1 Å². The van der Waals surface area contributed by atoms with Crippen molar-refractivity contribution in [3.63, 3.8) is 0 Å². The van der Waals surface area contributed by atoms with Gasteiger partial charge in [-0.1, -0.05) is 21.1 Å². The molecule has 1 aromatic heterocycles. The predicted octanol–water partition coefficient (Wildman–Crippen LogP) is 3.17. The lowest BCUT2D eigenvalue weighted by Gasteiger charge is -2.06. The number of anilines is 1. The Kier molecular flexibility index (Phi) is 5.92. The van der Waals surface area contributed by atoms with Crippen LogP contribution in [0.25, 0.3) is 0 Å². The number of rotatable bonds is 6. The highest BCUT2D eigenvalue weighted by molar-refractivity contribution is 9.10. The van der Waals surface area contributed by atoms with Crippen LogP contribution in [0.2, 0.25) is 0 Å². The summed E-state index contributed by atoms with van der Waals surface area (Å²) in [6, 6.07) is 7.12. The minimum atomic E-state index is -0.434. The number of hydrogen-bond acceptors (Lipinski definition) is 5. The minimum Gasteiger partial charge on any atom is -0.456 e. The maximum Gasteiger partial charge on any atom is 0.306 e. The van der Waals surface area contributed by atoms with E-state index in [2.05, 4.69) is 26.4 Å². The number of carbonyl (C=O) groups excluding carboxylic acids is 2. The van der Waals surface area contributed by atoms with Crippen molar-refractivity contribution < 1.29 is 18.8 Å². The van der Waals surface area contributed by atoms with Gasteiger partial charge in [-0.25, -0.2) is 0 Å². The van der Waals surface area contributed by atoms with Crippen LogP contribution < -0.4 is 5.32 Å². The summed E-state index contributed by atoms with van der Waals surface area (Å²) in [5.74, 6) is -0.114. The van der Waals surface area contributed by atoms with Crippen LogP contribution >= 0.6 is 15.9 Å². The summed E-state index contributed by atoms with van der Waals surface area (Å²) in [6.07, 6.45) is 0.656. The van der Waals surface area contributed by atoms with Gasteiger partial charge >= 0.3 is 5.97 Å². The number of hydrogen-bond donors (Lipinski definition) is 1. The molecule has 2 aromatic rings. The van der Waals surface area contributed by atoms with Crippen molar-refractivity contribution in [2.75, 3.05) is 11.9 Å². The van der Waals surface area contributed by atoms with Gasteiger partial charge in [-0.15, -0.1) is 0 Å². The zero-order valence-electron chi connectivity index (χ0n) is 12.9. The molecular weight excluding hydrogens is 364 g/mol. The van der Waals surface area contributed by atoms with Gasteiger partial charge in [0.05, 0.1) is 5.69 Å². The number of esters is 1. The van der Waals surface area contributed by atoms with E-state index in [0.29, 0.717) is 17.9 Å². The average molecular weight is 381 g/mol. The highest BCUT2D eigenvalue weighted by Gasteiger charge is 2.13. The Labute approximate surface area is 142 Å². The Bertz CT molecular complexity index is 675. The topological polar surface area (TPSA) is 81.4 Å². The summed E-state index contributed by atoms with van der Waals surface area (Å²) in [5, 5.41) is 6.48. The Balaban J connectivity index is 1.73. The molecule has 0 bridgehead atoms. The van der Waals surface area contributed by atoms with Crippen LogP contribution in [-0.2, 0) is 20.7 Å². The molecule has 0 unspecified atom stereocenters. The van der Waals surface area contributed by atoms with E-state index in [4.69, 9.17) is 9.26 Å². The zero-order valence-corrected chi connectivity index (χ0v) is 14.5. The first kappa shape index (κ1) is 17.2. The number of benzene rings is 1. The first-order valence-corrected chi connectivity index (χ1v) is 7.88. The van der Waals surface area contributed by atoms with E-state index in [1.54, 1.807) is 19.1 Å². The van der Waals surface area contributed by atoms with Crippen molar-refractivity contribution in [1.82, 2.24) is 5.16 Å². The second-order valence-corrected chi connectivity index (χ2v) is 5.93. The van der Waals surface area contributed by atoms with Crippen molar-refractivity contribution in [2.45, 2.75) is 26.7 Å². The van der Waals surface area contributed by atoms with Crippen molar-refractivity contribution in [3.05, 3.63) is 45.8 Å². The Morgan fingerprint density at radius 2 is 1.96 bits per heavy atom. The summed E-state index contributed by atoms with van der Waals surface area (Å²) in [6.45, 7) is 3.31. The number of halogens is 1. The van der Waals surface area contributed by atoms with Crippen LogP contribution in [0.1, 0.15) is 23.4 Å². The third kappa shape index (κ3) is 5.21. The third-order valence-electron chi connectivity index (χ3n) is 3.25. The van der Waals surface area contributed by atoms with Crippen LogP contribution in [0.4, 0.5) is 5.69 Å². The molecule has 0 aliphatic rings. The standard InChI is InChI=1S/C16H17BrN2O4/c1-10-14(11(2)23-19-10)7-8-16(21)22-9-15(20)18-13-5-3-12(17)4-6-13/h3-6H,7-9H2,1-2H3,(H,18,20). The van der Waals surface area contributed by atoms with Gasteiger partial charge in [-0.3, -0.25) is 9.59 Å². The maximum absolute atomic E-state index is 11.7. The van der Waals surface area contributed by atoms with Crippen molar-refractivity contribution in [3.8, 4) is 0 Å². The normalized spacial score (nSPS) is 10.4. The number of nitrogens with zero attached hydrogens (tertiary/aromatic N) is 1. The van der Waals surface area contributed by atoms with E-state index in [-0.39, 0.29) is 18.9 Å². The molecule has 0 spiro atoms.